The molecule has 1 aliphatic rings. The van der Waals surface area contributed by atoms with Gasteiger partial charge in [0.05, 0.1) is 11.2 Å². The summed E-state index contributed by atoms with van der Waals surface area (Å²) < 4.78 is 17.9. The quantitative estimate of drug-likeness (QED) is 0.0778. The van der Waals surface area contributed by atoms with Crippen LogP contribution in [0.2, 0.25) is 0 Å². The lowest BCUT2D eigenvalue weighted by atomic mass is 9.98. The number of carboxylic acids is 1. The standard InChI is InChI=1S/C39H36N3O10/c1-39(2,3)52-36(45)34(29-17-9-11-19-33(29)42(48)49)51-38(47)41-24(20-23-12-4-10-18-32(23)41)21-31(35(43)44)40-37(46)50-22-30-27-15-7-5-13-25(27)26-14-6-8-16-28(26)30/h4-20,30-31,34,48H,21-22H2,1-3H3,(H,40,46)(H,43,44)/q-1/t31-,34?/m1/s1. The number of hydrogen-bond donors (Lipinski definition) is 3. The highest BCUT2D eigenvalue weighted by Crippen LogP contribution is 2.44. The van der Waals surface area contributed by atoms with Gasteiger partial charge >= 0.3 is 24.1 Å². The molecule has 4 aromatic carbocycles. The van der Waals surface area contributed by atoms with Gasteiger partial charge in [0.25, 0.3) is 0 Å². The lowest BCUT2D eigenvalue weighted by molar-refractivity contribution is -0.165. The van der Waals surface area contributed by atoms with Crippen LogP contribution in [-0.2, 0) is 30.2 Å². The van der Waals surface area contributed by atoms with E-state index in [1.54, 1.807) is 51.1 Å². The van der Waals surface area contributed by atoms with Crippen LogP contribution in [0.3, 0.4) is 0 Å². The van der Waals surface area contributed by atoms with Crippen LogP contribution < -0.4 is 10.5 Å². The van der Waals surface area contributed by atoms with E-state index in [1.807, 2.05) is 48.5 Å². The molecule has 0 spiro atoms. The van der Waals surface area contributed by atoms with Crippen molar-refractivity contribution in [3.8, 4) is 11.1 Å². The minimum Gasteiger partial charge on any atom is -0.733 e. The second kappa shape index (κ2) is 14.6. The van der Waals surface area contributed by atoms with Gasteiger partial charge in [-0.15, -0.1) is 0 Å². The van der Waals surface area contributed by atoms with Crippen LogP contribution in [0.4, 0.5) is 15.3 Å². The molecular formula is C39H36N3O10-. The van der Waals surface area contributed by atoms with Gasteiger partial charge in [0.2, 0.25) is 6.10 Å². The molecule has 52 heavy (non-hydrogen) atoms. The molecule has 3 N–H and O–H groups in total. The minimum atomic E-state index is -1.81. The number of benzene rings is 4. The molecular weight excluding hydrogens is 670 g/mol. The van der Waals surface area contributed by atoms with Crippen molar-refractivity contribution in [3.63, 3.8) is 0 Å². The van der Waals surface area contributed by atoms with Crippen LogP contribution in [0.1, 0.15) is 55.2 Å². The van der Waals surface area contributed by atoms with Gasteiger partial charge < -0.3 is 35.1 Å². The van der Waals surface area contributed by atoms with E-state index in [0.717, 1.165) is 26.8 Å². The molecule has 13 heteroatoms. The van der Waals surface area contributed by atoms with Crippen molar-refractivity contribution in [2.24, 2.45) is 0 Å². The fraction of sp³-hybridized carbons (Fsp3) is 0.231. The number of alkyl carbamates (subject to hydrolysis) is 1. The molecule has 0 radical (unpaired) electrons. The van der Waals surface area contributed by atoms with Crippen molar-refractivity contribution in [2.45, 2.75) is 50.9 Å². The summed E-state index contributed by atoms with van der Waals surface area (Å²) >= 11 is 0. The number of carbonyl (C=O) groups excluding carboxylic acids is 3. The van der Waals surface area contributed by atoms with Crippen LogP contribution in [0, 0.1) is 5.21 Å². The van der Waals surface area contributed by atoms with Crippen LogP contribution in [0.15, 0.2) is 103 Å². The van der Waals surface area contributed by atoms with Gasteiger partial charge in [-0.05, 0) is 61.2 Å². The van der Waals surface area contributed by atoms with Crippen molar-refractivity contribution in [3.05, 3.63) is 131 Å². The van der Waals surface area contributed by atoms with E-state index in [4.69, 9.17) is 14.2 Å². The zero-order valence-electron chi connectivity index (χ0n) is 28.5. The van der Waals surface area contributed by atoms with Gasteiger partial charge in [0, 0.05) is 29.0 Å². The largest absolute Gasteiger partial charge is 0.733 e. The Kier molecular flexibility index (Phi) is 10.00. The molecule has 6 rings (SSSR count). The molecule has 0 saturated heterocycles. The number of fused-ring (bicyclic) bond motifs is 4. The van der Waals surface area contributed by atoms with Crippen LogP contribution in [-0.4, -0.2) is 57.3 Å². The van der Waals surface area contributed by atoms with Crippen molar-refractivity contribution in [2.75, 3.05) is 11.8 Å². The third kappa shape index (κ3) is 7.45. The van der Waals surface area contributed by atoms with E-state index in [2.05, 4.69) is 5.32 Å². The number of para-hydroxylation sites is 2. The average Bonchev–Trinajstić information content (AvgIpc) is 3.63. The summed E-state index contributed by atoms with van der Waals surface area (Å²) in [6.45, 7) is 4.78. The number of ether oxygens (including phenoxy) is 3. The van der Waals surface area contributed by atoms with Crippen LogP contribution >= 0.6 is 0 Å². The number of rotatable bonds is 10. The van der Waals surface area contributed by atoms with Crippen molar-refractivity contribution in [1.29, 1.82) is 0 Å². The molecule has 2 atom stereocenters. The summed E-state index contributed by atoms with van der Waals surface area (Å²) in [6.07, 6.45) is -4.27. The fourth-order valence-corrected chi connectivity index (χ4v) is 6.40. The summed E-state index contributed by atoms with van der Waals surface area (Å²) in [5, 5.41) is 34.4. The molecule has 1 amide bonds. The Bertz CT molecular complexity index is 2110. The Hall–Kier alpha value is -6.18. The number of carbonyl (C=O) groups is 4. The Balaban J connectivity index is 1.25. The minimum absolute atomic E-state index is 0.0407. The highest BCUT2D eigenvalue weighted by molar-refractivity contribution is 5.93. The van der Waals surface area contributed by atoms with Gasteiger partial charge in [-0.25, -0.2) is 23.7 Å². The van der Waals surface area contributed by atoms with Crippen molar-refractivity contribution < 1.29 is 43.7 Å². The number of anilines is 1. The summed E-state index contributed by atoms with van der Waals surface area (Å²) in [4.78, 5) is 53.0. The molecule has 0 aliphatic heterocycles. The average molecular weight is 707 g/mol. The van der Waals surface area contributed by atoms with E-state index in [1.165, 1.54) is 24.3 Å². The molecule has 0 saturated carbocycles. The second-order valence-corrected chi connectivity index (χ2v) is 13.2. The highest BCUT2D eigenvalue weighted by Gasteiger charge is 2.35. The lowest BCUT2D eigenvalue weighted by Crippen LogP contribution is -2.43. The zero-order valence-corrected chi connectivity index (χ0v) is 28.5. The SMILES string of the molecule is CC(C)(C)OC(=O)C(OC(=O)n1c(C[C@@H](NC(=O)OCC2c3ccccc3-c3ccccc32)C(=O)O)cc2ccccc21)c1ccccc1N([O-])O. The van der Waals surface area contributed by atoms with E-state index in [0.29, 0.717) is 10.9 Å². The maximum absolute atomic E-state index is 14.0. The summed E-state index contributed by atoms with van der Waals surface area (Å²) in [5.74, 6) is -2.66. The third-order valence-electron chi connectivity index (χ3n) is 8.58. The monoisotopic (exact) mass is 706 g/mol. The van der Waals surface area contributed by atoms with Crippen molar-refractivity contribution in [1.82, 2.24) is 9.88 Å². The first-order valence-corrected chi connectivity index (χ1v) is 16.4. The predicted octanol–water partition coefficient (Wildman–Crippen LogP) is 6.94. The zero-order chi connectivity index (χ0) is 37.2. The number of nitrogens with zero attached hydrogens (tertiary/aromatic N) is 2. The van der Waals surface area contributed by atoms with E-state index in [-0.39, 0.29) is 35.9 Å². The third-order valence-corrected chi connectivity index (χ3v) is 8.58. The second-order valence-electron chi connectivity index (χ2n) is 13.2. The van der Waals surface area contributed by atoms with Crippen LogP contribution in [0.25, 0.3) is 22.0 Å². The van der Waals surface area contributed by atoms with E-state index in [9.17, 15) is 34.7 Å². The predicted molar refractivity (Wildman–Crippen MR) is 190 cm³/mol. The molecule has 268 valence electrons. The maximum Gasteiger partial charge on any atom is 0.419 e. The Morgan fingerprint density at radius 3 is 2.12 bits per heavy atom. The maximum atomic E-state index is 14.0. The first kappa shape index (κ1) is 35.6. The molecule has 1 aliphatic carbocycles. The van der Waals surface area contributed by atoms with Gasteiger partial charge in [-0.1, -0.05) is 84.9 Å². The number of amides is 1. The molecule has 5 aromatic rings. The molecule has 0 bridgehead atoms. The first-order valence-electron chi connectivity index (χ1n) is 16.4. The van der Waals surface area contributed by atoms with Crippen molar-refractivity contribution >= 4 is 40.7 Å². The van der Waals surface area contributed by atoms with Crippen LogP contribution in [0.5, 0.6) is 0 Å². The number of aromatic nitrogens is 1. The molecule has 1 unspecified atom stereocenters. The van der Waals surface area contributed by atoms with Gasteiger partial charge in [-0.2, -0.15) is 0 Å². The lowest BCUT2D eigenvalue weighted by Gasteiger charge is -2.29. The molecule has 0 fully saturated rings. The fourth-order valence-electron chi connectivity index (χ4n) is 6.40. The Morgan fingerprint density at radius 1 is 0.885 bits per heavy atom. The summed E-state index contributed by atoms with van der Waals surface area (Å²) in [6, 6.07) is 27.8. The van der Waals surface area contributed by atoms with E-state index >= 15 is 0 Å². The Morgan fingerprint density at radius 2 is 1.48 bits per heavy atom. The summed E-state index contributed by atoms with van der Waals surface area (Å²) in [5.41, 5.74) is 2.97. The molecule has 1 heterocycles. The van der Waals surface area contributed by atoms with Gasteiger partial charge in [0.15, 0.2) is 0 Å². The summed E-state index contributed by atoms with van der Waals surface area (Å²) in [7, 11) is 0. The number of nitrogens with one attached hydrogen (secondary N) is 1. The smallest absolute Gasteiger partial charge is 0.419 e. The molecule has 13 nitrogen and oxygen atoms in total. The van der Waals surface area contributed by atoms with Gasteiger partial charge in [-0.3, -0.25) is 5.21 Å². The first-order chi connectivity index (χ1) is 24.8. The topological polar surface area (TPSA) is 180 Å². The highest BCUT2D eigenvalue weighted by atomic mass is 16.8. The molecule has 1 aromatic heterocycles. The van der Waals surface area contributed by atoms with Gasteiger partial charge in [0.1, 0.15) is 18.2 Å². The Labute approximate surface area is 298 Å². The number of carboxylic acid groups (broad SMARTS) is 1. The van der Waals surface area contributed by atoms with E-state index < -0.39 is 47.1 Å². The number of esters is 1. The number of hydrogen-bond acceptors (Lipinski definition) is 10. The number of aliphatic carboxylic acids is 1. The normalized spacial score (nSPS) is 13.4.